The van der Waals surface area contributed by atoms with Gasteiger partial charge < -0.3 is 0 Å². The van der Waals surface area contributed by atoms with E-state index in [0.29, 0.717) is 0 Å². The van der Waals surface area contributed by atoms with Crippen LogP contribution in [0, 0.1) is 0 Å². The Morgan fingerprint density at radius 1 is 0.500 bits per heavy atom. The van der Waals surface area contributed by atoms with Crippen LogP contribution in [0.1, 0.15) is 0 Å². The molecule has 4 rings (SSSR count). The van der Waals surface area contributed by atoms with Crippen molar-refractivity contribution in [1.29, 1.82) is 0 Å². The Balaban J connectivity index is 2.38. The van der Waals surface area contributed by atoms with Gasteiger partial charge in [-0.15, -0.1) is 0 Å². The molecule has 2 aromatic heterocycles. The van der Waals surface area contributed by atoms with Crippen LogP contribution in [-0.2, 0) is 0 Å². The minimum atomic E-state index is 1.35. The summed E-state index contributed by atoms with van der Waals surface area (Å²) in [6.45, 7) is 0. The van der Waals surface area contributed by atoms with Crippen LogP contribution in [0.15, 0.2) is 45.8 Å². The van der Waals surface area contributed by atoms with Gasteiger partial charge in [-0.2, -0.15) is 22.7 Å². The summed E-state index contributed by atoms with van der Waals surface area (Å²) in [7, 11) is 0. The lowest BCUT2D eigenvalue weighted by atomic mass is 10.0. The molecule has 0 radical (unpaired) electrons. The molecule has 0 saturated heterocycles. The maximum absolute atomic E-state index is 2.25. The number of hydrogen-bond donors (Lipinski definition) is 0. The lowest BCUT2D eigenvalue weighted by molar-refractivity contribution is 1.92. The van der Waals surface area contributed by atoms with Crippen LogP contribution < -0.4 is 0 Å². The predicted octanol–water partition coefficient (Wildman–Crippen LogP) is 5.27. The molecule has 0 spiro atoms. The molecule has 16 heavy (non-hydrogen) atoms. The molecule has 0 unspecified atom stereocenters. The van der Waals surface area contributed by atoms with E-state index in [0.717, 1.165) is 0 Å². The van der Waals surface area contributed by atoms with Crippen molar-refractivity contribution in [2.75, 3.05) is 0 Å². The van der Waals surface area contributed by atoms with Crippen LogP contribution in [0.4, 0.5) is 0 Å². The Morgan fingerprint density at radius 2 is 1.00 bits per heavy atom. The Morgan fingerprint density at radius 3 is 1.50 bits per heavy atom. The molecule has 0 saturated carbocycles. The van der Waals surface area contributed by atoms with Gasteiger partial charge in [0.05, 0.1) is 0 Å². The fourth-order valence-corrected chi connectivity index (χ4v) is 3.94. The minimum absolute atomic E-state index is 1.35. The van der Waals surface area contributed by atoms with Crippen molar-refractivity contribution in [3.8, 4) is 0 Å². The van der Waals surface area contributed by atoms with Crippen LogP contribution in [0.3, 0.4) is 0 Å². The largest absolute Gasteiger partial charge is 0.151 e. The van der Waals surface area contributed by atoms with Gasteiger partial charge in [0.15, 0.2) is 0 Å². The monoisotopic (exact) mass is 240 g/mol. The van der Waals surface area contributed by atoms with Crippen molar-refractivity contribution in [3.63, 3.8) is 0 Å². The molecule has 0 aliphatic heterocycles. The normalized spacial score (nSPS) is 11.8. The van der Waals surface area contributed by atoms with E-state index < -0.39 is 0 Å². The molecule has 0 nitrogen and oxygen atoms in total. The molecule has 0 atom stereocenters. The highest BCUT2D eigenvalue weighted by molar-refractivity contribution is 7.10. The van der Waals surface area contributed by atoms with Gasteiger partial charge in [-0.1, -0.05) is 24.3 Å². The third-order valence-electron chi connectivity index (χ3n) is 3.11. The van der Waals surface area contributed by atoms with Gasteiger partial charge in [0.25, 0.3) is 0 Å². The van der Waals surface area contributed by atoms with Crippen molar-refractivity contribution in [2.24, 2.45) is 0 Å². The second-order valence-corrected chi connectivity index (χ2v) is 5.46. The SMILES string of the molecule is c1cc2c3cscc3ccc2c2cscc12. The van der Waals surface area contributed by atoms with Gasteiger partial charge in [-0.25, -0.2) is 0 Å². The summed E-state index contributed by atoms with van der Waals surface area (Å²) in [5.41, 5.74) is 0. The number of benzene rings is 2. The molecule has 4 aromatic rings. The predicted molar refractivity (Wildman–Crippen MR) is 74.7 cm³/mol. The third kappa shape index (κ3) is 1.03. The van der Waals surface area contributed by atoms with Crippen LogP contribution in [-0.4, -0.2) is 0 Å². The Hall–Kier alpha value is -1.38. The number of thiophene rings is 2. The minimum Gasteiger partial charge on any atom is -0.151 e. The molecule has 0 amide bonds. The van der Waals surface area contributed by atoms with E-state index in [4.69, 9.17) is 0 Å². The molecule has 0 aliphatic rings. The zero-order chi connectivity index (χ0) is 10.5. The van der Waals surface area contributed by atoms with Gasteiger partial charge in [0.1, 0.15) is 0 Å². The highest BCUT2D eigenvalue weighted by atomic mass is 32.1. The first-order valence-corrected chi connectivity index (χ1v) is 7.05. The zero-order valence-corrected chi connectivity index (χ0v) is 10.1. The fourth-order valence-electron chi connectivity index (χ4n) is 2.31. The summed E-state index contributed by atoms with van der Waals surface area (Å²) in [4.78, 5) is 0. The average Bonchev–Trinajstić information content (AvgIpc) is 2.96. The first-order chi connectivity index (χ1) is 7.93. The lowest BCUT2D eigenvalue weighted by Crippen LogP contribution is -1.74. The molecular weight excluding hydrogens is 232 g/mol. The number of rotatable bonds is 0. The Bertz CT molecular complexity index is 735. The highest BCUT2D eigenvalue weighted by Gasteiger charge is 2.05. The summed E-state index contributed by atoms with van der Waals surface area (Å²) in [6.07, 6.45) is 0. The molecule has 2 heterocycles. The maximum Gasteiger partial charge on any atom is 0.000206 e. The fraction of sp³-hybridized carbons (Fsp3) is 0. The third-order valence-corrected chi connectivity index (χ3v) is 4.64. The van der Waals surface area contributed by atoms with E-state index in [2.05, 4.69) is 45.8 Å². The molecule has 0 N–H and O–H groups in total. The maximum atomic E-state index is 2.25. The summed E-state index contributed by atoms with van der Waals surface area (Å²) in [5, 5.41) is 17.2. The van der Waals surface area contributed by atoms with Gasteiger partial charge >= 0.3 is 0 Å². The first kappa shape index (κ1) is 8.74. The summed E-state index contributed by atoms with van der Waals surface area (Å²) >= 11 is 3.56. The van der Waals surface area contributed by atoms with Crippen LogP contribution in [0.5, 0.6) is 0 Å². The van der Waals surface area contributed by atoms with E-state index in [1.54, 1.807) is 22.7 Å². The van der Waals surface area contributed by atoms with Crippen molar-refractivity contribution in [3.05, 3.63) is 45.8 Å². The van der Waals surface area contributed by atoms with E-state index in [9.17, 15) is 0 Å². The molecule has 2 aromatic carbocycles. The molecule has 0 bridgehead atoms. The van der Waals surface area contributed by atoms with Crippen molar-refractivity contribution >= 4 is 55.0 Å². The van der Waals surface area contributed by atoms with Crippen LogP contribution in [0.2, 0.25) is 0 Å². The lowest BCUT2D eigenvalue weighted by Gasteiger charge is -2.01. The summed E-state index contributed by atoms with van der Waals surface area (Å²) in [5.74, 6) is 0. The molecule has 2 heteroatoms. The topological polar surface area (TPSA) is 0 Å². The molecule has 0 fully saturated rings. The first-order valence-electron chi connectivity index (χ1n) is 5.17. The van der Waals surface area contributed by atoms with Crippen LogP contribution >= 0.6 is 22.7 Å². The second-order valence-electron chi connectivity index (χ2n) is 3.98. The number of fused-ring (bicyclic) bond motifs is 5. The standard InChI is InChI=1S/C14H8S2/c1-3-11-12(13-7-15-5-9(1)13)4-2-10-6-16-8-14(10)11/h1-8H. The van der Waals surface area contributed by atoms with Gasteiger partial charge in [-0.3, -0.25) is 0 Å². The Labute approximate surface area is 101 Å². The van der Waals surface area contributed by atoms with Crippen molar-refractivity contribution in [2.45, 2.75) is 0 Å². The second kappa shape index (κ2) is 3.06. The van der Waals surface area contributed by atoms with E-state index in [1.807, 2.05) is 0 Å². The van der Waals surface area contributed by atoms with Crippen molar-refractivity contribution in [1.82, 2.24) is 0 Å². The zero-order valence-electron chi connectivity index (χ0n) is 8.44. The quantitative estimate of drug-likeness (QED) is 0.393. The van der Waals surface area contributed by atoms with Gasteiger partial charge in [0, 0.05) is 10.8 Å². The van der Waals surface area contributed by atoms with E-state index in [-0.39, 0.29) is 0 Å². The van der Waals surface area contributed by atoms with E-state index in [1.165, 1.54) is 32.3 Å². The average molecular weight is 240 g/mol. The van der Waals surface area contributed by atoms with E-state index >= 15 is 0 Å². The highest BCUT2D eigenvalue weighted by Crippen LogP contribution is 2.34. The smallest absolute Gasteiger partial charge is 0.000206 e. The Kier molecular flexibility index (Phi) is 1.67. The molecular formula is C14H8S2. The summed E-state index contributed by atoms with van der Waals surface area (Å²) < 4.78 is 0. The van der Waals surface area contributed by atoms with Crippen molar-refractivity contribution < 1.29 is 0 Å². The van der Waals surface area contributed by atoms with Gasteiger partial charge in [-0.05, 0) is 43.1 Å². The summed E-state index contributed by atoms with van der Waals surface area (Å²) in [6, 6.07) is 8.95. The number of hydrogen-bond acceptors (Lipinski definition) is 2. The van der Waals surface area contributed by atoms with Gasteiger partial charge in [0.2, 0.25) is 0 Å². The van der Waals surface area contributed by atoms with Crippen LogP contribution in [0.25, 0.3) is 32.3 Å². The molecule has 0 aliphatic carbocycles. The molecule has 76 valence electrons.